The van der Waals surface area contributed by atoms with Crippen molar-refractivity contribution in [3.63, 3.8) is 0 Å². The third-order valence-corrected chi connectivity index (χ3v) is 3.59. The van der Waals surface area contributed by atoms with E-state index in [-0.39, 0.29) is 0 Å². The third kappa shape index (κ3) is 2.53. The van der Waals surface area contributed by atoms with Crippen LogP contribution in [-0.2, 0) is 6.54 Å². The molecule has 5 nitrogen and oxygen atoms in total. The van der Waals surface area contributed by atoms with Crippen LogP contribution in [0.1, 0.15) is 5.56 Å². The SMILES string of the molecule is c1cn(Cc2ccc(-c3ccc4c(c3)OCCO4)nc2)cn1. The predicted molar refractivity (Wildman–Crippen MR) is 82.0 cm³/mol. The van der Waals surface area contributed by atoms with E-state index in [9.17, 15) is 0 Å². The first-order chi connectivity index (χ1) is 10.9. The Morgan fingerprint density at radius 2 is 1.95 bits per heavy atom. The van der Waals surface area contributed by atoms with Gasteiger partial charge in [-0.15, -0.1) is 0 Å². The van der Waals surface area contributed by atoms with E-state index in [1.807, 2.05) is 41.2 Å². The van der Waals surface area contributed by atoms with Crippen molar-refractivity contribution in [2.75, 3.05) is 13.2 Å². The van der Waals surface area contributed by atoms with Crippen LogP contribution in [0.15, 0.2) is 55.2 Å². The van der Waals surface area contributed by atoms with Crippen molar-refractivity contribution in [3.05, 3.63) is 60.8 Å². The minimum absolute atomic E-state index is 0.591. The van der Waals surface area contributed by atoms with Crippen molar-refractivity contribution in [1.29, 1.82) is 0 Å². The number of pyridine rings is 1. The van der Waals surface area contributed by atoms with Gasteiger partial charge in [-0.2, -0.15) is 0 Å². The van der Waals surface area contributed by atoms with E-state index >= 15 is 0 Å². The summed E-state index contributed by atoms with van der Waals surface area (Å²) in [6.07, 6.45) is 7.41. The topological polar surface area (TPSA) is 49.2 Å². The molecule has 0 fully saturated rings. The molecule has 0 atom stereocenters. The smallest absolute Gasteiger partial charge is 0.162 e. The molecule has 3 heterocycles. The van der Waals surface area contributed by atoms with Crippen LogP contribution in [0.4, 0.5) is 0 Å². The molecule has 22 heavy (non-hydrogen) atoms. The lowest BCUT2D eigenvalue weighted by Crippen LogP contribution is -2.15. The quantitative estimate of drug-likeness (QED) is 0.745. The molecule has 3 aromatic rings. The van der Waals surface area contributed by atoms with Crippen molar-refractivity contribution in [2.24, 2.45) is 0 Å². The number of hydrogen-bond acceptors (Lipinski definition) is 4. The zero-order valence-electron chi connectivity index (χ0n) is 12.0. The second-order valence-electron chi connectivity index (χ2n) is 5.15. The Morgan fingerprint density at radius 3 is 2.73 bits per heavy atom. The lowest BCUT2D eigenvalue weighted by atomic mass is 10.1. The van der Waals surface area contributed by atoms with Crippen LogP contribution >= 0.6 is 0 Å². The Labute approximate surface area is 128 Å². The highest BCUT2D eigenvalue weighted by atomic mass is 16.6. The Morgan fingerprint density at radius 1 is 1.05 bits per heavy atom. The average molecular weight is 293 g/mol. The van der Waals surface area contributed by atoms with E-state index in [0.29, 0.717) is 13.2 Å². The number of hydrogen-bond donors (Lipinski definition) is 0. The third-order valence-electron chi connectivity index (χ3n) is 3.59. The molecule has 1 aliphatic heterocycles. The highest BCUT2D eigenvalue weighted by Gasteiger charge is 2.12. The largest absolute Gasteiger partial charge is 0.486 e. The number of nitrogens with zero attached hydrogens (tertiary/aromatic N) is 3. The molecule has 2 aromatic heterocycles. The number of aromatic nitrogens is 3. The summed E-state index contributed by atoms with van der Waals surface area (Å²) >= 11 is 0. The van der Waals surface area contributed by atoms with Crippen LogP contribution in [0.3, 0.4) is 0 Å². The van der Waals surface area contributed by atoms with Crippen LogP contribution < -0.4 is 9.47 Å². The molecular weight excluding hydrogens is 278 g/mol. The maximum Gasteiger partial charge on any atom is 0.162 e. The standard InChI is InChI=1S/C17H15N3O2/c1-3-15(19-10-13(1)11-20-6-5-18-12-20)14-2-4-16-17(9-14)22-8-7-21-16/h1-6,9-10,12H,7-8,11H2. The highest BCUT2D eigenvalue weighted by molar-refractivity contribution is 5.64. The Kier molecular flexibility index (Phi) is 3.23. The lowest BCUT2D eigenvalue weighted by molar-refractivity contribution is 0.171. The van der Waals surface area contributed by atoms with Gasteiger partial charge in [-0.3, -0.25) is 4.98 Å². The lowest BCUT2D eigenvalue weighted by Gasteiger charge is -2.18. The molecule has 5 heteroatoms. The molecule has 110 valence electrons. The number of rotatable bonds is 3. The zero-order valence-corrected chi connectivity index (χ0v) is 12.0. The van der Waals surface area contributed by atoms with E-state index in [1.54, 1.807) is 12.5 Å². The van der Waals surface area contributed by atoms with Crippen LogP contribution in [-0.4, -0.2) is 27.7 Å². The van der Waals surface area contributed by atoms with Crippen molar-refractivity contribution in [3.8, 4) is 22.8 Å². The fraction of sp³-hybridized carbons (Fsp3) is 0.176. The summed E-state index contributed by atoms with van der Waals surface area (Å²) < 4.78 is 13.2. The summed E-state index contributed by atoms with van der Waals surface area (Å²) in [6, 6.07) is 10.0. The van der Waals surface area contributed by atoms with Crippen LogP contribution in [0.5, 0.6) is 11.5 Å². The van der Waals surface area contributed by atoms with Gasteiger partial charge in [-0.1, -0.05) is 6.07 Å². The van der Waals surface area contributed by atoms with Gasteiger partial charge >= 0.3 is 0 Å². The zero-order chi connectivity index (χ0) is 14.8. The van der Waals surface area contributed by atoms with Gasteiger partial charge in [0.25, 0.3) is 0 Å². The summed E-state index contributed by atoms with van der Waals surface area (Å²) in [4.78, 5) is 8.59. The van der Waals surface area contributed by atoms with E-state index in [4.69, 9.17) is 9.47 Å². The van der Waals surface area contributed by atoms with E-state index < -0.39 is 0 Å². The molecule has 0 aliphatic carbocycles. The molecule has 0 spiro atoms. The molecule has 0 unspecified atom stereocenters. The molecule has 0 bridgehead atoms. The normalized spacial score (nSPS) is 13.1. The summed E-state index contributed by atoms with van der Waals surface area (Å²) in [7, 11) is 0. The Bertz CT molecular complexity index is 767. The first-order valence-electron chi connectivity index (χ1n) is 7.19. The van der Waals surface area contributed by atoms with Gasteiger partial charge in [-0.25, -0.2) is 4.98 Å². The Hall–Kier alpha value is -2.82. The monoisotopic (exact) mass is 293 g/mol. The predicted octanol–water partition coefficient (Wildman–Crippen LogP) is 2.76. The highest BCUT2D eigenvalue weighted by Crippen LogP contribution is 2.33. The molecule has 0 saturated carbocycles. The fourth-order valence-corrected chi connectivity index (χ4v) is 2.48. The molecule has 0 saturated heterocycles. The molecule has 1 aliphatic rings. The molecule has 4 rings (SSSR count). The van der Waals surface area contributed by atoms with Gasteiger partial charge in [0.2, 0.25) is 0 Å². The first-order valence-corrected chi connectivity index (χ1v) is 7.19. The summed E-state index contributed by atoms with van der Waals surface area (Å²) in [5, 5.41) is 0. The summed E-state index contributed by atoms with van der Waals surface area (Å²) in [5.41, 5.74) is 3.09. The number of imidazole rings is 1. The van der Waals surface area contributed by atoms with Gasteiger partial charge in [0.05, 0.1) is 12.0 Å². The maximum absolute atomic E-state index is 5.62. The van der Waals surface area contributed by atoms with Crippen molar-refractivity contribution in [1.82, 2.24) is 14.5 Å². The first kappa shape index (κ1) is 12.9. The second kappa shape index (κ2) is 5.52. The molecule has 1 aromatic carbocycles. The van der Waals surface area contributed by atoms with Crippen LogP contribution in [0.2, 0.25) is 0 Å². The van der Waals surface area contributed by atoms with Crippen molar-refractivity contribution >= 4 is 0 Å². The Balaban J connectivity index is 1.57. The van der Waals surface area contributed by atoms with Gasteiger partial charge in [0, 0.05) is 30.7 Å². The molecule has 0 radical (unpaired) electrons. The summed E-state index contributed by atoms with van der Waals surface area (Å²) in [6.45, 7) is 1.97. The van der Waals surface area contributed by atoms with Gasteiger partial charge in [-0.05, 0) is 29.8 Å². The second-order valence-corrected chi connectivity index (χ2v) is 5.15. The van der Waals surface area contributed by atoms with E-state index in [2.05, 4.69) is 16.0 Å². The molecule has 0 N–H and O–H groups in total. The molecule has 0 amide bonds. The minimum Gasteiger partial charge on any atom is -0.486 e. The van der Waals surface area contributed by atoms with Crippen LogP contribution in [0.25, 0.3) is 11.3 Å². The maximum atomic E-state index is 5.62. The summed E-state index contributed by atoms with van der Waals surface area (Å²) in [5.74, 6) is 1.58. The number of benzene rings is 1. The van der Waals surface area contributed by atoms with Crippen molar-refractivity contribution < 1.29 is 9.47 Å². The minimum atomic E-state index is 0.591. The van der Waals surface area contributed by atoms with Crippen LogP contribution in [0, 0.1) is 0 Å². The van der Waals surface area contributed by atoms with Gasteiger partial charge < -0.3 is 14.0 Å². The van der Waals surface area contributed by atoms with E-state index in [1.165, 1.54) is 0 Å². The number of ether oxygens (including phenoxy) is 2. The fourth-order valence-electron chi connectivity index (χ4n) is 2.48. The van der Waals surface area contributed by atoms with E-state index in [0.717, 1.165) is 34.9 Å². The molecular formula is C17H15N3O2. The van der Waals surface area contributed by atoms with Crippen molar-refractivity contribution in [2.45, 2.75) is 6.54 Å². The average Bonchev–Trinajstić information content (AvgIpc) is 3.08. The van der Waals surface area contributed by atoms with Gasteiger partial charge in [0.1, 0.15) is 13.2 Å². The number of fused-ring (bicyclic) bond motifs is 1. The van der Waals surface area contributed by atoms with Gasteiger partial charge in [0.15, 0.2) is 11.5 Å².